The predicted octanol–water partition coefficient (Wildman–Crippen LogP) is 1.03. The molecule has 1 aromatic rings. The minimum absolute atomic E-state index is 0.0414. The number of aliphatic hydroxyl groups excluding tert-OH is 1. The molecule has 0 saturated heterocycles. The SMILES string of the molecule is CC(C)c1ncc(CO)[nH]1. The summed E-state index contributed by atoms with van der Waals surface area (Å²) in [5, 5.41) is 8.66. The summed E-state index contributed by atoms with van der Waals surface area (Å²) in [6, 6.07) is 0. The van der Waals surface area contributed by atoms with Gasteiger partial charge in [0.1, 0.15) is 5.82 Å². The molecule has 0 saturated carbocycles. The van der Waals surface area contributed by atoms with E-state index in [1.165, 1.54) is 0 Å². The van der Waals surface area contributed by atoms with Crippen LogP contribution < -0.4 is 0 Å². The number of aromatic amines is 1. The Morgan fingerprint density at radius 2 is 2.40 bits per heavy atom. The summed E-state index contributed by atoms with van der Waals surface area (Å²) in [6.45, 7) is 4.15. The first-order valence-electron chi connectivity index (χ1n) is 3.38. The lowest BCUT2D eigenvalue weighted by molar-refractivity contribution is 0.277. The van der Waals surface area contributed by atoms with Crippen LogP contribution in [0.15, 0.2) is 6.20 Å². The smallest absolute Gasteiger partial charge is 0.108 e. The third-order valence-electron chi connectivity index (χ3n) is 1.37. The molecule has 0 aliphatic carbocycles. The van der Waals surface area contributed by atoms with Crippen molar-refractivity contribution in [2.24, 2.45) is 0 Å². The maximum Gasteiger partial charge on any atom is 0.108 e. The van der Waals surface area contributed by atoms with E-state index in [0.29, 0.717) is 5.92 Å². The van der Waals surface area contributed by atoms with Crippen molar-refractivity contribution in [2.45, 2.75) is 26.4 Å². The second-order valence-electron chi connectivity index (χ2n) is 2.61. The maximum atomic E-state index is 8.66. The van der Waals surface area contributed by atoms with Gasteiger partial charge in [-0.15, -0.1) is 0 Å². The molecule has 0 spiro atoms. The molecule has 0 aliphatic heterocycles. The minimum Gasteiger partial charge on any atom is -0.390 e. The molecule has 10 heavy (non-hydrogen) atoms. The summed E-state index contributed by atoms with van der Waals surface area (Å²) < 4.78 is 0. The first kappa shape index (κ1) is 7.28. The highest BCUT2D eigenvalue weighted by molar-refractivity contribution is 5.02. The fourth-order valence-electron chi connectivity index (χ4n) is 0.750. The van der Waals surface area contributed by atoms with E-state index in [-0.39, 0.29) is 6.61 Å². The molecule has 3 heteroatoms. The normalized spacial score (nSPS) is 10.8. The second-order valence-corrected chi connectivity index (χ2v) is 2.61. The Labute approximate surface area is 60.1 Å². The molecule has 0 aliphatic rings. The Morgan fingerprint density at radius 3 is 2.70 bits per heavy atom. The van der Waals surface area contributed by atoms with Gasteiger partial charge in [-0.3, -0.25) is 0 Å². The van der Waals surface area contributed by atoms with Crippen LogP contribution in [0, 0.1) is 0 Å². The van der Waals surface area contributed by atoms with Crippen LogP contribution in [0.1, 0.15) is 31.3 Å². The highest BCUT2D eigenvalue weighted by Gasteiger charge is 2.02. The average Bonchev–Trinajstić information content (AvgIpc) is 2.34. The lowest BCUT2D eigenvalue weighted by Gasteiger charge is -1.96. The van der Waals surface area contributed by atoms with E-state index < -0.39 is 0 Å². The van der Waals surface area contributed by atoms with E-state index in [2.05, 4.69) is 23.8 Å². The Morgan fingerprint density at radius 1 is 1.70 bits per heavy atom. The molecular weight excluding hydrogens is 128 g/mol. The van der Waals surface area contributed by atoms with Crippen LogP contribution in [0.25, 0.3) is 0 Å². The van der Waals surface area contributed by atoms with Crippen LogP contribution in [-0.4, -0.2) is 15.1 Å². The average molecular weight is 140 g/mol. The molecule has 0 radical (unpaired) electrons. The summed E-state index contributed by atoms with van der Waals surface area (Å²) in [6.07, 6.45) is 1.66. The zero-order valence-corrected chi connectivity index (χ0v) is 6.26. The lowest BCUT2D eigenvalue weighted by atomic mass is 10.2. The molecule has 0 unspecified atom stereocenters. The number of aromatic nitrogens is 2. The Bertz CT molecular complexity index is 205. The van der Waals surface area contributed by atoms with Gasteiger partial charge in [-0.1, -0.05) is 13.8 Å². The summed E-state index contributed by atoms with van der Waals surface area (Å²) in [4.78, 5) is 7.07. The highest BCUT2D eigenvalue weighted by Crippen LogP contribution is 2.08. The predicted molar refractivity (Wildman–Crippen MR) is 38.6 cm³/mol. The van der Waals surface area contributed by atoms with E-state index in [1.54, 1.807) is 6.20 Å². The Balaban J connectivity index is 2.78. The molecule has 0 atom stereocenters. The number of rotatable bonds is 2. The fraction of sp³-hybridized carbons (Fsp3) is 0.571. The van der Waals surface area contributed by atoms with Crippen molar-refractivity contribution in [1.29, 1.82) is 0 Å². The van der Waals surface area contributed by atoms with Crippen LogP contribution in [0.4, 0.5) is 0 Å². The van der Waals surface area contributed by atoms with E-state index in [0.717, 1.165) is 11.5 Å². The number of imidazole rings is 1. The first-order chi connectivity index (χ1) is 4.74. The number of aliphatic hydroxyl groups is 1. The van der Waals surface area contributed by atoms with Gasteiger partial charge >= 0.3 is 0 Å². The van der Waals surface area contributed by atoms with Gasteiger partial charge in [0, 0.05) is 5.92 Å². The topological polar surface area (TPSA) is 48.9 Å². The van der Waals surface area contributed by atoms with Crippen LogP contribution in [0.2, 0.25) is 0 Å². The number of nitrogens with one attached hydrogen (secondary N) is 1. The fourth-order valence-corrected chi connectivity index (χ4v) is 0.750. The van der Waals surface area contributed by atoms with Crippen molar-refractivity contribution in [3.8, 4) is 0 Å². The number of hydrogen-bond donors (Lipinski definition) is 2. The van der Waals surface area contributed by atoms with E-state index >= 15 is 0 Å². The van der Waals surface area contributed by atoms with Gasteiger partial charge < -0.3 is 10.1 Å². The summed E-state index contributed by atoms with van der Waals surface area (Å²) in [7, 11) is 0. The van der Waals surface area contributed by atoms with Crippen molar-refractivity contribution < 1.29 is 5.11 Å². The maximum absolute atomic E-state index is 8.66. The van der Waals surface area contributed by atoms with Gasteiger partial charge in [0.2, 0.25) is 0 Å². The van der Waals surface area contributed by atoms with Crippen molar-refractivity contribution >= 4 is 0 Å². The first-order valence-corrected chi connectivity index (χ1v) is 3.38. The largest absolute Gasteiger partial charge is 0.390 e. The lowest BCUT2D eigenvalue weighted by Crippen LogP contribution is -1.90. The zero-order valence-electron chi connectivity index (χ0n) is 6.26. The molecule has 0 fully saturated rings. The molecule has 1 rings (SSSR count). The summed E-state index contributed by atoms with van der Waals surface area (Å²) in [5.41, 5.74) is 0.781. The van der Waals surface area contributed by atoms with Crippen molar-refractivity contribution in [1.82, 2.24) is 9.97 Å². The standard InChI is InChI=1S/C7H12N2O/c1-5(2)7-8-3-6(4-10)9-7/h3,5,10H,4H2,1-2H3,(H,8,9). The second kappa shape index (κ2) is 2.84. The summed E-state index contributed by atoms with van der Waals surface area (Å²) >= 11 is 0. The van der Waals surface area contributed by atoms with Gasteiger partial charge in [0.25, 0.3) is 0 Å². The molecule has 0 aromatic carbocycles. The highest BCUT2D eigenvalue weighted by atomic mass is 16.3. The third kappa shape index (κ3) is 1.36. The molecule has 3 nitrogen and oxygen atoms in total. The van der Waals surface area contributed by atoms with Crippen molar-refractivity contribution in [3.05, 3.63) is 17.7 Å². The van der Waals surface area contributed by atoms with Gasteiger partial charge in [-0.2, -0.15) is 0 Å². The van der Waals surface area contributed by atoms with Crippen LogP contribution in [0.5, 0.6) is 0 Å². The van der Waals surface area contributed by atoms with E-state index in [9.17, 15) is 0 Å². The van der Waals surface area contributed by atoms with Crippen molar-refractivity contribution in [3.63, 3.8) is 0 Å². The van der Waals surface area contributed by atoms with Gasteiger partial charge in [0.15, 0.2) is 0 Å². The molecule has 1 heterocycles. The van der Waals surface area contributed by atoms with Gasteiger partial charge in [-0.25, -0.2) is 4.98 Å². The van der Waals surface area contributed by atoms with Crippen LogP contribution >= 0.6 is 0 Å². The molecule has 2 N–H and O–H groups in total. The molecule has 0 amide bonds. The molecule has 56 valence electrons. The quantitative estimate of drug-likeness (QED) is 0.644. The number of hydrogen-bond acceptors (Lipinski definition) is 2. The third-order valence-corrected chi connectivity index (χ3v) is 1.37. The van der Waals surface area contributed by atoms with Crippen molar-refractivity contribution in [2.75, 3.05) is 0 Å². The zero-order chi connectivity index (χ0) is 7.56. The van der Waals surface area contributed by atoms with Crippen LogP contribution in [-0.2, 0) is 6.61 Å². The Kier molecular flexibility index (Phi) is 2.06. The molecule has 0 bridgehead atoms. The molecule has 1 aromatic heterocycles. The number of nitrogens with zero attached hydrogens (tertiary/aromatic N) is 1. The minimum atomic E-state index is 0.0414. The van der Waals surface area contributed by atoms with E-state index in [4.69, 9.17) is 5.11 Å². The molecular formula is C7H12N2O. The van der Waals surface area contributed by atoms with E-state index in [1.807, 2.05) is 0 Å². The summed E-state index contributed by atoms with van der Waals surface area (Å²) in [5.74, 6) is 1.34. The van der Waals surface area contributed by atoms with Crippen LogP contribution in [0.3, 0.4) is 0 Å². The Hall–Kier alpha value is -0.830. The number of H-pyrrole nitrogens is 1. The monoisotopic (exact) mass is 140 g/mol. The van der Waals surface area contributed by atoms with Gasteiger partial charge in [-0.05, 0) is 0 Å². The van der Waals surface area contributed by atoms with Gasteiger partial charge in [0.05, 0.1) is 18.5 Å².